The Hall–Kier alpha value is -4.22. The Balaban J connectivity index is 0.000000520. The summed E-state index contributed by atoms with van der Waals surface area (Å²) >= 11 is 0. The predicted molar refractivity (Wildman–Crippen MR) is 93.5 cm³/mol. The molecule has 12 nitrogen and oxygen atoms in total. The van der Waals surface area contributed by atoms with Crippen molar-refractivity contribution in [2.45, 2.75) is 0 Å². The molecule has 0 saturated heterocycles. The first-order chi connectivity index (χ1) is 12.4. The lowest BCUT2D eigenvalue weighted by atomic mass is 10.0. The highest BCUT2D eigenvalue weighted by molar-refractivity contribution is 5.97. The average molecular weight is 360 g/mol. The third-order valence-electron chi connectivity index (χ3n) is 2.58. The molecule has 0 aliphatic carbocycles. The van der Waals surface area contributed by atoms with Crippen molar-refractivity contribution in [1.29, 1.82) is 11.1 Å². The van der Waals surface area contributed by atoms with Gasteiger partial charge in [-0.25, -0.2) is 20.7 Å². The first-order valence-corrected chi connectivity index (χ1v) is 6.58. The number of carboxylic acids is 2. The summed E-state index contributed by atoms with van der Waals surface area (Å²) in [4.78, 5) is 21.5. The van der Waals surface area contributed by atoms with E-state index in [1.54, 1.807) is 12.1 Å². The number of benzene rings is 2. The van der Waals surface area contributed by atoms with E-state index in [-0.39, 0.29) is 11.1 Å². The van der Waals surface area contributed by atoms with Crippen LogP contribution < -0.4 is 11.7 Å². The summed E-state index contributed by atoms with van der Waals surface area (Å²) in [5.74, 6) is 7.00. The molecule has 2 rings (SSSR count). The highest BCUT2D eigenvalue weighted by Gasteiger charge is 2.06. The van der Waals surface area contributed by atoms with Gasteiger partial charge in [0, 0.05) is 0 Å². The second-order valence-electron chi connectivity index (χ2n) is 4.17. The van der Waals surface area contributed by atoms with E-state index in [1.165, 1.54) is 24.3 Å². The van der Waals surface area contributed by atoms with Gasteiger partial charge in [-0.1, -0.05) is 12.1 Å². The van der Waals surface area contributed by atoms with Crippen molar-refractivity contribution >= 4 is 35.4 Å². The molecule has 0 unspecified atom stereocenters. The summed E-state index contributed by atoms with van der Waals surface area (Å²) in [6.07, 6.45) is 1.89. The highest BCUT2D eigenvalue weighted by Crippen LogP contribution is 2.18. The number of hydrazone groups is 2. The monoisotopic (exact) mass is 360 g/mol. The molecule has 12 heteroatoms. The third kappa shape index (κ3) is 7.87. The molecule has 0 radical (unpaired) electrons. The molecule has 0 aliphatic heterocycles. The zero-order valence-corrected chi connectivity index (χ0v) is 13.3. The number of nitrogens with zero attached hydrogens (tertiary/aromatic N) is 4. The molecular weight excluding hydrogens is 344 g/mol. The molecule has 0 spiro atoms. The normalized spacial score (nSPS) is 9.69. The Morgan fingerprint density at radius 1 is 0.808 bits per heavy atom. The van der Waals surface area contributed by atoms with Crippen molar-refractivity contribution in [3.63, 3.8) is 0 Å². The molecule has 0 fully saturated rings. The van der Waals surface area contributed by atoms with Crippen LogP contribution in [0.2, 0.25) is 0 Å². The van der Waals surface area contributed by atoms with E-state index in [0.29, 0.717) is 10.8 Å². The standard InChI is InChI=1S/C12H8O4.2CH4N4/c13-11(14)9-3-1-7-5-10(12(15)16)4-2-8(7)6-9;2*2-4-1-5-3/h1-6H,(H,13,14)(H,15,16);2*1-2H,3H2. The second kappa shape index (κ2) is 12.2. The predicted octanol–water partition coefficient (Wildman–Crippen LogP) is 2.07. The van der Waals surface area contributed by atoms with Gasteiger partial charge in [-0.3, -0.25) is 0 Å². The summed E-state index contributed by atoms with van der Waals surface area (Å²) in [6.45, 7) is 0. The first-order valence-electron chi connectivity index (χ1n) is 6.58. The number of rotatable bonds is 4. The second-order valence-corrected chi connectivity index (χ2v) is 4.17. The number of nitrogens with two attached hydrogens (primary N) is 2. The van der Waals surface area contributed by atoms with Crippen molar-refractivity contribution < 1.29 is 19.8 Å². The number of hydrogen-bond donors (Lipinski definition) is 6. The molecule has 8 N–H and O–H groups in total. The van der Waals surface area contributed by atoms with Gasteiger partial charge in [-0.15, -0.1) is 10.2 Å². The number of aromatic carboxylic acids is 2. The van der Waals surface area contributed by atoms with Gasteiger partial charge < -0.3 is 21.9 Å². The van der Waals surface area contributed by atoms with Crippen molar-refractivity contribution in [1.82, 2.24) is 0 Å². The maximum atomic E-state index is 10.7. The number of nitrogens with one attached hydrogen (secondary N) is 2. The molecule has 0 aliphatic rings. The van der Waals surface area contributed by atoms with Gasteiger partial charge in [0.25, 0.3) is 0 Å². The van der Waals surface area contributed by atoms with Crippen LogP contribution in [0.1, 0.15) is 20.7 Å². The SMILES string of the molecule is N=NC=NN.N=NC=NN.O=C(O)c1ccc2cc(C(=O)O)ccc2c1. The van der Waals surface area contributed by atoms with Crippen LogP contribution in [0, 0.1) is 11.1 Å². The summed E-state index contributed by atoms with van der Waals surface area (Å²) in [5.41, 5.74) is 12.4. The maximum Gasteiger partial charge on any atom is 0.335 e. The van der Waals surface area contributed by atoms with E-state index in [1.807, 2.05) is 0 Å². The molecule has 2 aromatic rings. The van der Waals surface area contributed by atoms with Crippen LogP contribution >= 0.6 is 0 Å². The number of carboxylic acid groups (broad SMARTS) is 2. The third-order valence-corrected chi connectivity index (χ3v) is 2.58. The lowest BCUT2D eigenvalue weighted by Crippen LogP contribution is -1.97. The fourth-order valence-electron chi connectivity index (χ4n) is 1.58. The zero-order valence-electron chi connectivity index (χ0n) is 13.3. The molecule has 26 heavy (non-hydrogen) atoms. The van der Waals surface area contributed by atoms with Gasteiger partial charge in [0.15, 0.2) is 12.7 Å². The van der Waals surface area contributed by atoms with Gasteiger partial charge in [-0.05, 0) is 35.0 Å². The van der Waals surface area contributed by atoms with E-state index < -0.39 is 11.9 Å². The molecule has 0 aromatic heterocycles. The van der Waals surface area contributed by atoms with Crippen LogP contribution in [0.4, 0.5) is 0 Å². The van der Waals surface area contributed by atoms with Gasteiger partial charge in [0.05, 0.1) is 11.1 Å². The van der Waals surface area contributed by atoms with Crippen LogP contribution in [-0.2, 0) is 0 Å². The minimum atomic E-state index is -0.996. The van der Waals surface area contributed by atoms with Gasteiger partial charge in [-0.2, -0.15) is 10.2 Å². The maximum absolute atomic E-state index is 10.7. The van der Waals surface area contributed by atoms with E-state index in [9.17, 15) is 9.59 Å². The van der Waals surface area contributed by atoms with Crippen LogP contribution in [-0.4, -0.2) is 34.8 Å². The van der Waals surface area contributed by atoms with Crippen molar-refractivity contribution in [2.75, 3.05) is 0 Å². The van der Waals surface area contributed by atoms with Gasteiger partial charge >= 0.3 is 11.9 Å². The first kappa shape index (κ1) is 21.8. The van der Waals surface area contributed by atoms with Crippen molar-refractivity contribution in [3.8, 4) is 0 Å². The molecule has 0 amide bonds. The molecule has 0 saturated carbocycles. The number of fused-ring (bicyclic) bond motifs is 1. The van der Waals surface area contributed by atoms with E-state index >= 15 is 0 Å². The number of carbonyl (C=O) groups is 2. The van der Waals surface area contributed by atoms with Crippen molar-refractivity contribution in [3.05, 3.63) is 47.5 Å². The molecule has 136 valence electrons. The quantitative estimate of drug-likeness (QED) is 0.157. The minimum absolute atomic E-state index is 0.190. The molecule has 0 atom stereocenters. The average Bonchev–Trinajstić information content (AvgIpc) is 2.63. The highest BCUT2D eigenvalue weighted by atomic mass is 16.4. The molecular formula is C14H16N8O4. The van der Waals surface area contributed by atoms with Crippen LogP contribution in [0.5, 0.6) is 0 Å². The zero-order chi connectivity index (χ0) is 19.9. The molecule has 2 aromatic carbocycles. The van der Waals surface area contributed by atoms with Gasteiger partial charge in [0.2, 0.25) is 0 Å². The summed E-state index contributed by atoms with van der Waals surface area (Å²) in [5, 5.41) is 30.1. The fourth-order valence-corrected chi connectivity index (χ4v) is 1.58. The Morgan fingerprint density at radius 2 is 1.15 bits per heavy atom. The Kier molecular flexibility index (Phi) is 10.2. The van der Waals surface area contributed by atoms with E-state index in [2.05, 4.69) is 32.1 Å². The van der Waals surface area contributed by atoms with Crippen LogP contribution in [0.3, 0.4) is 0 Å². The number of hydrogen-bond acceptors (Lipinski definition) is 8. The van der Waals surface area contributed by atoms with Crippen molar-refractivity contribution in [2.24, 2.45) is 32.1 Å². The van der Waals surface area contributed by atoms with E-state index in [0.717, 1.165) is 12.7 Å². The Bertz CT molecular complexity index is 766. The lowest BCUT2D eigenvalue weighted by Gasteiger charge is -2.01. The summed E-state index contributed by atoms with van der Waals surface area (Å²) in [7, 11) is 0. The van der Waals surface area contributed by atoms with Crippen LogP contribution in [0.15, 0.2) is 56.8 Å². The smallest absolute Gasteiger partial charge is 0.335 e. The van der Waals surface area contributed by atoms with E-state index in [4.69, 9.17) is 21.3 Å². The Labute approximate surface area is 146 Å². The minimum Gasteiger partial charge on any atom is -0.478 e. The Morgan fingerprint density at radius 3 is 1.35 bits per heavy atom. The molecule has 0 bridgehead atoms. The fraction of sp³-hybridized carbons (Fsp3) is 0. The van der Waals surface area contributed by atoms with Crippen LogP contribution in [0.25, 0.3) is 10.8 Å². The topological polar surface area (TPSA) is 224 Å². The summed E-state index contributed by atoms with van der Waals surface area (Å²) in [6, 6.07) is 9.15. The molecule has 0 heterocycles. The van der Waals surface area contributed by atoms with Gasteiger partial charge in [0.1, 0.15) is 0 Å². The lowest BCUT2D eigenvalue weighted by molar-refractivity contribution is 0.0686. The largest absolute Gasteiger partial charge is 0.478 e. The summed E-state index contributed by atoms with van der Waals surface area (Å²) < 4.78 is 0.